The maximum absolute atomic E-state index is 12.4. The van der Waals surface area contributed by atoms with Crippen LogP contribution in [0.5, 0.6) is 17.2 Å². The van der Waals surface area contributed by atoms with Crippen molar-refractivity contribution in [3.8, 4) is 17.2 Å². The van der Waals surface area contributed by atoms with Crippen LogP contribution in [0.4, 0.5) is 13.6 Å². The van der Waals surface area contributed by atoms with E-state index in [-0.39, 0.29) is 30.2 Å². The second-order valence-corrected chi connectivity index (χ2v) is 7.03. The summed E-state index contributed by atoms with van der Waals surface area (Å²) in [7, 11) is 1.36. The second-order valence-electron chi connectivity index (χ2n) is 7.03. The van der Waals surface area contributed by atoms with Gasteiger partial charge in [0.15, 0.2) is 11.5 Å². The van der Waals surface area contributed by atoms with E-state index in [1.807, 2.05) is 24.3 Å². The number of methoxy groups -OCH3 is 1. The van der Waals surface area contributed by atoms with Crippen molar-refractivity contribution in [2.45, 2.75) is 51.5 Å². The average molecular weight is 420 g/mol. The Morgan fingerprint density at radius 1 is 1.03 bits per heavy atom. The smallest absolute Gasteiger partial charge is 0.387 e. The molecule has 0 spiro atoms. The molecule has 0 atom stereocenters. The van der Waals surface area contributed by atoms with Crippen LogP contribution in [-0.2, 0) is 13.1 Å². The van der Waals surface area contributed by atoms with E-state index in [1.54, 1.807) is 12.1 Å². The minimum Gasteiger partial charge on any atom is -0.493 e. The van der Waals surface area contributed by atoms with Crippen molar-refractivity contribution in [1.82, 2.24) is 10.6 Å². The van der Waals surface area contributed by atoms with Crippen molar-refractivity contribution in [3.05, 3.63) is 53.6 Å². The number of hydrogen-bond donors (Lipinski definition) is 2. The highest BCUT2D eigenvalue weighted by Crippen LogP contribution is 2.29. The quantitative estimate of drug-likeness (QED) is 0.621. The van der Waals surface area contributed by atoms with Gasteiger partial charge in [-0.1, -0.05) is 24.3 Å². The lowest BCUT2D eigenvalue weighted by Gasteiger charge is -2.17. The first kappa shape index (κ1) is 21.7. The van der Waals surface area contributed by atoms with E-state index in [0.717, 1.165) is 24.2 Å². The van der Waals surface area contributed by atoms with E-state index in [0.29, 0.717) is 12.1 Å². The minimum atomic E-state index is -2.94. The van der Waals surface area contributed by atoms with Crippen molar-refractivity contribution in [3.63, 3.8) is 0 Å². The molecule has 0 unspecified atom stereocenters. The zero-order chi connectivity index (χ0) is 21.3. The van der Waals surface area contributed by atoms with E-state index in [2.05, 4.69) is 15.4 Å². The van der Waals surface area contributed by atoms with Gasteiger partial charge in [0.05, 0.1) is 13.2 Å². The van der Waals surface area contributed by atoms with Crippen molar-refractivity contribution >= 4 is 6.03 Å². The molecule has 3 rings (SSSR count). The first-order chi connectivity index (χ1) is 14.5. The highest BCUT2D eigenvalue weighted by molar-refractivity contribution is 5.74. The molecule has 2 N–H and O–H groups in total. The van der Waals surface area contributed by atoms with E-state index in [4.69, 9.17) is 9.47 Å². The fraction of sp³-hybridized carbons (Fsp3) is 0.409. The van der Waals surface area contributed by atoms with Crippen LogP contribution in [0.2, 0.25) is 0 Å². The summed E-state index contributed by atoms with van der Waals surface area (Å²) in [6.07, 6.45) is 4.74. The third-order valence-electron chi connectivity index (χ3n) is 4.91. The lowest BCUT2D eigenvalue weighted by Crippen LogP contribution is -2.34. The van der Waals surface area contributed by atoms with Gasteiger partial charge < -0.3 is 24.8 Å². The van der Waals surface area contributed by atoms with Crippen LogP contribution in [-0.4, -0.2) is 25.9 Å². The van der Waals surface area contributed by atoms with E-state index in [9.17, 15) is 13.6 Å². The summed E-state index contributed by atoms with van der Waals surface area (Å²) in [5, 5.41) is 5.55. The van der Waals surface area contributed by atoms with Gasteiger partial charge in [-0.3, -0.25) is 0 Å². The molecule has 8 heteroatoms. The zero-order valence-corrected chi connectivity index (χ0v) is 16.8. The number of amides is 2. The number of urea groups is 1. The predicted molar refractivity (Wildman–Crippen MR) is 108 cm³/mol. The summed E-state index contributed by atoms with van der Waals surface area (Å²) >= 11 is 0. The number of rotatable bonds is 9. The summed E-state index contributed by atoms with van der Waals surface area (Å²) in [6, 6.07) is 11.8. The fourth-order valence-corrected chi connectivity index (χ4v) is 3.39. The molecule has 0 aliphatic heterocycles. The number of ether oxygens (including phenoxy) is 3. The van der Waals surface area contributed by atoms with E-state index < -0.39 is 6.61 Å². The maximum atomic E-state index is 12.4. The Morgan fingerprint density at radius 3 is 2.50 bits per heavy atom. The Hall–Kier alpha value is -3.03. The van der Waals surface area contributed by atoms with Gasteiger partial charge >= 0.3 is 12.6 Å². The van der Waals surface area contributed by atoms with Crippen molar-refractivity contribution in [2.75, 3.05) is 7.11 Å². The first-order valence-corrected chi connectivity index (χ1v) is 9.93. The molecule has 2 aromatic rings. The second kappa shape index (κ2) is 10.7. The monoisotopic (exact) mass is 420 g/mol. The van der Waals surface area contributed by atoms with Crippen LogP contribution in [0.3, 0.4) is 0 Å². The highest BCUT2D eigenvalue weighted by Gasteiger charge is 2.18. The number of nitrogens with one attached hydrogen (secondary N) is 2. The summed E-state index contributed by atoms with van der Waals surface area (Å²) in [5.74, 6) is 0.914. The van der Waals surface area contributed by atoms with Gasteiger partial charge in [0.25, 0.3) is 0 Å². The van der Waals surface area contributed by atoms with Crippen LogP contribution in [0.1, 0.15) is 36.8 Å². The predicted octanol–water partition coefficient (Wildman–Crippen LogP) is 4.62. The van der Waals surface area contributed by atoms with Gasteiger partial charge in [0, 0.05) is 18.7 Å². The van der Waals surface area contributed by atoms with Gasteiger partial charge in [0.1, 0.15) is 5.75 Å². The van der Waals surface area contributed by atoms with Crippen LogP contribution in [0, 0.1) is 0 Å². The lowest BCUT2D eigenvalue weighted by atomic mass is 10.2. The number of carbonyl (C=O) groups excluding carboxylic acids is 1. The molecule has 0 radical (unpaired) electrons. The largest absolute Gasteiger partial charge is 0.493 e. The Balaban J connectivity index is 1.51. The fourth-order valence-electron chi connectivity index (χ4n) is 3.39. The molecule has 0 aromatic heterocycles. The van der Waals surface area contributed by atoms with Crippen molar-refractivity contribution in [2.24, 2.45) is 0 Å². The average Bonchev–Trinajstić information content (AvgIpc) is 3.25. The molecule has 30 heavy (non-hydrogen) atoms. The molecule has 1 aliphatic carbocycles. The molecule has 1 fully saturated rings. The summed E-state index contributed by atoms with van der Waals surface area (Å²) in [6.45, 7) is -2.40. The Kier molecular flexibility index (Phi) is 7.70. The molecule has 2 amide bonds. The van der Waals surface area contributed by atoms with Crippen LogP contribution >= 0.6 is 0 Å². The molecule has 2 aromatic carbocycles. The summed E-state index contributed by atoms with van der Waals surface area (Å²) < 4.78 is 40.4. The zero-order valence-electron chi connectivity index (χ0n) is 16.8. The lowest BCUT2D eigenvalue weighted by molar-refractivity contribution is -0.0512. The summed E-state index contributed by atoms with van der Waals surface area (Å²) in [5.41, 5.74) is 1.60. The maximum Gasteiger partial charge on any atom is 0.387 e. The van der Waals surface area contributed by atoms with Gasteiger partial charge in [-0.05, 0) is 49.4 Å². The van der Waals surface area contributed by atoms with Gasteiger partial charge in [-0.15, -0.1) is 0 Å². The molecule has 162 valence electrons. The number of para-hydroxylation sites is 1. The number of hydrogen-bond acceptors (Lipinski definition) is 4. The normalized spacial score (nSPS) is 13.9. The highest BCUT2D eigenvalue weighted by atomic mass is 19.3. The summed E-state index contributed by atoms with van der Waals surface area (Å²) in [4.78, 5) is 12.2. The SMILES string of the molecule is COc1cc(CNC(=O)NCc2ccccc2OC2CCCC2)ccc1OC(F)F. The van der Waals surface area contributed by atoms with Gasteiger partial charge in [-0.2, -0.15) is 8.78 Å². The third kappa shape index (κ3) is 6.23. The molecule has 6 nitrogen and oxygen atoms in total. The number of carbonyl (C=O) groups is 1. The van der Waals surface area contributed by atoms with Gasteiger partial charge in [-0.25, -0.2) is 4.79 Å². The molecule has 1 aliphatic rings. The number of alkyl halides is 2. The third-order valence-corrected chi connectivity index (χ3v) is 4.91. The molecular weight excluding hydrogens is 394 g/mol. The topological polar surface area (TPSA) is 68.8 Å². The molecule has 0 saturated heterocycles. The van der Waals surface area contributed by atoms with E-state index in [1.165, 1.54) is 26.0 Å². The van der Waals surface area contributed by atoms with Crippen LogP contribution in [0.25, 0.3) is 0 Å². The molecule has 0 bridgehead atoms. The molecule has 1 saturated carbocycles. The van der Waals surface area contributed by atoms with Crippen molar-refractivity contribution < 1.29 is 27.8 Å². The van der Waals surface area contributed by atoms with Crippen LogP contribution < -0.4 is 24.8 Å². The van der Waals surface area contributed by atoms with Crippen LogP contribution in [0.15, 0.2) is 42.5 Å². The number of halogens is 2. The Bertz CT molecular complexity index is 842. The first-order valence-electron chi connectivity index (χ1n) is 9.93. The number of benzene rings is 2. The Morgan fingerprint density at radius 2 is 1.77 bits per heavy atom. The standard InChI is InChI=1S/C22H26F2N2O4/c1-28-20-12-15(10-11-19(20)30-21(23)24)13-25-22(27)26-14-16-6-2-5-9-18(16)29-17-7-3-4-8-17/h2,5-6,9-12,17,21H,3-4,7-8,13-14H2,1H3,(H2,25,26,27). The van der Waals surface area contributed by atoms with Crippen molar-refractivity contribution in [1.29, 1.82) is 0 Å². The minimum absolute atomic E-state index is 0.0560. The molecular formula is C22H26F2N2O4. The Labute approximate surface area is 174 Å². The van der Waals surface area contributed by atoms with Gasteiger partial charge in [0.2, 0.25) is 0 Å². The molecule has 0 heterocycles. The van der Waals surface area contributed by atoms with E-state index >= 15 is 0 Å².